The molecule has 2 aromatic rings. The molecule has 1 fully saturated rings. The summed E-state index contributed by atoms with van der Waals surface area (Å²) in [5.74, 6) is 0.767. The molecule has 1 aliphatic rings. The summed E-state index contributed by atoms with van der Waals surface area (Å²) in [5, 5.41) is 22.3. The van der Waals surface area contributed by atoms with Crippen molar-refractivity contribution in [3.63, 3.8) is 0 Å². The molecule has 0 unspecified atom stereocenters. The van der Waals surface area contributed by atoms with Crippen LogP contribution in [0.3, 0.4) is 0 Å². The number of phenolic OH excluding ortho intramolecular Hbond substituents is 2. The van der Waals surface area contributed by atoms with Crippen molar-refractivity contribution in [3.8, 4) is 11.5 Å². The Hall–Kier alpha value is -2.04. The van der Waals surface area contributed by atoms with Gasteiger partial charge in [-0.25, -0.2) is 0 Å². The Morgan fingerprint density at radius 3 is 1.64 bits per heavy atom. The highest BCUT2D eigenvalue weighted by atomic mass is 16.5. The Morgan fingerprint density at radius 2 is 1.27 bits per heavy atom. The van der Waals surface area contributed by atoms with Gasteiger partial charge >= 0.3 is 0 Å². The van der Waals surface area contributed by atoms with Crippen molar-refractivity contribution in [1.82, 2.24) is 4.90 Å². The molecular formula is C29H43NO3. The van der Waals surface area contributed by atoms with Crippen molar-refractivity contribution in [1.29, 1.82) is 0 Å². The second kappa shape index (κ2) is 9.68. The van der Waals surface area contributed by atoms with E-state index in [2.05, 4.69) is 84.6 Å². The van der Waals surface area contributed by atoms with E-state index in [1.54, 1.807) is 0 Å². The summed E-state index contributed by atoms with van der Waals surface area (Å²) in [7, 11) is 0. The highest BCUT2D eigenvalue weighted by Crippen LogP contribution is 2.37. The SMILES string of the molecule is Cc1cc(CN(Cc2cc(C)cc(C(C)(C)C)c2O)C[C@@H]2CCCO2)c(O)c(C(C)(C)C)c1. The van der Waals surface area contributed by atoms with Gasteiger partial charge < -0.3 is 14.9 Å². The van der Waals surface area contributed by atoms with Gasteiger partial charge in [-0.3, -0.25) is 4.90 Å². The lowest BCUT2D eigenvalue weighted by Crippen LogP contribution is -2.32. The zero-order valence-electron chi connectivity index (χ0n) is 21.9. The molecule has 0 aromatic heterocycles. The van der Waals surface area contributed by atoms with Crippen LogP contribution in [0.25, 0.3) is 0 Å². The highest BCUT2D eigenvalue weighted by molar-refractivity contribution is 5.48. The second-order valence-electron chi connectivity index (χ2n) is 11.9. The van der Waals surface area contributed by atoms with Gasteiger partial charge in [0.25, 0.3) is 0 Å². The monoisotopic (exact) mass is 453 g/mol. The van der Waals surface area contributed by atoms with Gasteiger partial charge in [-0.2, -0.15) is 0 Å². The molecule has 0 bridgehead atoms. The minimum absolute atomic E-state index is 0.138. The lowest BCUT2D eigenvalue weighted by molar-refractivity contribution is 0.0673. The van der Waals surface area contributed by atoms with Crippen molar-refractivity contribution in [3.05, 3.63) is 57.6 Å². The first-order valence-corrected chi connectivity index (χ1v) is 12.3. The summed E-state index contributed by atoms with van der Waals surface area (Å²) in [6.45, 7) is 19.8. The normalized spacial score (nSPS) is 17.2. The first-order chi connectivity index (χ1) is 15.3. The average Bonchev–Trinajstić information content (AvgIpc) is 3.18. The van der Waals surface area contributed by atoms with Gasteiger partial charge in [0.15, 0.2) is 0 Å². The van der Waals surface area contributed by atoms with Crippen molar-refractivity contribution >= 4 is 0 Å². The average molecular weight is 454 g/mol. The molecule has 4 heteroatoms. The van der Waals surface area contributed by atoms with E-state index in [-0.39, 0.29) is 16.9 Å². The Balaban J connectivity index is 1.98. The van der Waals surface area contributed by atoms with Crippen LogP contribution in [0.5, 0.6) is 11.5 Å². The summed E-state index contributed by atoms with van der Waals surface area (Å²) >= 11 is 0. The predicted octanol–water partition coefficient (Wildman–Crippen LogP) is 6.49. The molecule has 0 spiro atoms. The fourth-order valence-corrected chi connectivity index (χ4v) is 4.84. The summed E-state index contributed by atoms with van der Waals surface area (Å²) in [6.07, 6.45) is 2.33. The van der Waals surface area contributed by atoms with E-state index < -0.39 is 0 Å². The molecule has 0 saturated carbocycles. The molecule has 1 aliphatic heterocycles. The molecule has 0 aliphatic carbocycles. The fraction of sp³-hybridized carbons (Fsp3) is 0.586. The van der Waals surface area contributed by atoms with E-state index in [1.807, 2.05) is 0 Å². The fourth-order valence-electron chi connectivity index (χ4n) is 4.84. The lowest BCUT2D eigenvalue weighted by Gasteiger charge is -2.29. The quantitative estimate of drug-likeness (QED) is 0.525. The zero-order chi connectivity index (χ0) is 24.6. The number of hydrogen-bond donors (Lipinski definition) is 2. The molecule has 0 radical (unpaired) electrons. The molecule has 1 saturated heterocycles. The van der Waals surface area contributed by atoms with E-state index in [0.29, 0.717) is 24.6 Å². The molecule has 1 atom stereocenters. The van der Waals surface area contributed by atoms with Gasteiger partial charge in [0, 0.05) is 37.4 Å². The van der Waals surface area contributed by atoms with Gasteiger partial charge in [0.05, 0.1) is 6.10 Å². The van der Waals surface area contributed by atoms with Gasteiger partial charge in [0.1, 0.15) is 11.5 Å². The van der Waals surface area contributed by atoms with Crippen LogP contribution in [-0.4, -0.2) is 34.4 Å². The Bertz CT molecular complexity index is 904. The number of aryl methyl sites for hydroxylation is 2. The lowest BCUT2D eigenvalue weighted by atomic mass is 9.83. The molecule has 2 N–H and O–H groups in total. The molecular weight excluding hydrogens is 410 g/mol. The smallest absolute Gasteiger partial charge is 0.123 e. The Labute approximate surface area is 200 Å². The third-order valence-corrected chi connectivity index (χ3v) is 6.56. The summed E-state index contributed by atoms with van der Waals surface area (Å²) < 4.78 is 5.96. The van der Waals surface area contributed by atoms with Crippen LogP contribution in [0.15, 0.2) is 24.3 Å². The van der Waals surface area contributed by atoms with Crippen LogP contribution in [0.1, 0.15) is 87.8 Å². The summed E-state index contributed by atoms with van der Waals surface area (Å²) in [5.41, 5.74) is 5.84. The van der Waals surface area contributed by atoms with E-state index >= 15 is 0 Å². The number of rotatable bonds is 6. The number of hydrogen-bond acceptors (Lipinski definition) is 4. The van der Waals surface area contributed by atoms with Crippen LogP contribution < -0.4 is 0 Å². The van der Waals surface area contributed by atoms with E-state index in [0.717, 1.165) is 59.4 Å². The summed E-state index contributed by atoms with van der Waals surface area (Å²) in [6, 6.07) is 8.35. The minimum atomic E-state index is -0.138. The first kappa shape index (κ1) is 25.6. The maximum atomic E-state index is 11.2. The number of ether oxygens (including phenoxy) is 1. The first-order valence-electron chi connectivity index (χ1n) is 12.3. The Kier molecular flexibility index (Phi) is 7.50. The third-order valence-electron chi connectivity index (χ3n) is 6.56. The van der Waals surface area contributed by atoms with Crippen molar-refractivity contribution < 1.29 is 14.9 Å². The van der Waals surface area contributed by atoms with Crippen LogP contribution >= 0.6 is 0 Å². The van der Waals surface area contributed by atoms with Crippen LogP contribution in [-0.2, 0) is 28.7 Å². The van der Waals surface area contributed by atoms with E-state index in [1.165, 1.54) is 0 Å². The zero-order valence-corrected chi connectivity index (χ0v) is 21.9. The highest BCUT2D eigenvalue weighted by Gasteiger charge is 2.26. The maximum absolute atomic E-state index is 11.2. The molecule has 4 nitrogen and oxygen atoms in total. The third kappa shape index (κ3) is 6.30. The van der Waals surface area contributed by atoms with E-state index in [4.69, 9.17) is 4.74 Å². The molecule has 1 heterocycles. The van der Waals surface area contributed by atoms with Crippen molar-refractivity contribution in [2.75, 3.05) is 13.2 Å². The van der Waals surface area contributed by atoms with Crippen molar-refractivity contribution in [2.24, 2.45) is 0 Å². The van der Waals surface area contributed by atoms with Crippen molar-refractivity contribution in [2.45, 2.75) is 98.3 Å². The molecule has 182 valence electrons. The second-order valence-corrected chi connectivity index (χ2v) is 11.9. The van der Waals surface area contributed by atoms with Crippen LogP contribution in [0.2, 0.25) is 0 Å². The maximum Gasteiger partial charge on any atom is 0.123 e. The molecule has 33 heavy (non-hydrogen) atoms. The van der Waals surface area contributed by atoms with Gasteiger partial charge in [-0.05, 0) is 48.6 Å². The minimum Gasteiger partial charge on any atom is -0.507 e. The molecule has 3 rings (SSSR count). The van der Waals surface area contributed by atoms with Crippen LogP contribution in [0.4, 0.5) is 0 Å². The molecule has 0 amide bonds. The number of phenols is 2. The van der Waals surface area contributed by atoms with Gasteiger partial charge in [-0.15, -0.1) is 0 Å². The topological polar surface area (TPSA) is 52.9 Å². The standard InChI is InChI=1S/C29H43NO3/c1-19-12-21(26(31)24(14-19)28(3,4)5)16-30(18-23-10-9-11-33-23)17-22-13-20(2)15-25(27(22)32)29(6,7)8/h12-15,23,31-32H,9-11,16-18H2,1-8H3/t23-/m0/s1. The van der Waals surface area contributed by atoms with Crippen LogP contribution in [0, 0.1) is 13.8 Å². The summed E-state index contributed by atoms with van der Waals surface area (Å²) in [4.78, 5) is 2.32. The Morgan fingerprint density at radius 1 is 0.818 bits per heavy atom. The van der Waals surface area contributed by atoms with Gasteiger partial charge in [-0.1, -0.05) is 76.9 Å². The number of aromatic hydroxyl groups is 2. The van der Waals surface area contributed by atoms with Gasteiger partial charge in [0.2, 0.25) is 0 Å². The predicted molar refractivity (Wildman–Crippen MR) is 136 cm³/mol. The largest absolute Gasteiger partial charge is 0.507 e. The number of benzene rings is 2. The van der Waals surface area contributed by atoms with E-state index in [9.17, 15) is 10.2 Å². The number of nitrogens with zero attached hydrogens (tertiary/aromatic N) is 1. The molecule has 2 aromatic carbocycles.